The van der Waals surface area contributed by atoms with Crippen molar-refractivity contribution in [3.8, 4) is 0 Å². The van der Waals surface area contributed by atoms with Gasteiger partial charge in [-0.1, -0.05) is 12.1 Å². The van der Waals surface area contributed by atoms with Crippen LogP contribution in [0.5, 0.6) is 0 Å². The summed E-state index contributed by atoms with van der Waals surface area (Å²) in [5.41, 5.74) is -0.781. The molecule has 1 N–H and O–H groups in total. The fourth-order valence-corrected chi connectivity index (χ4v) is 2.74. The first-order chi connectivity index (χ1) is 8.14. The number of hydrogen-bond acceptors (Lipinski definition) is 4. The number of halogens is 1. The van der Waals surface area contributed by atoms with Crippen LogP contribution in [0.1, 0.15) is 20.8 Å². The Balaban J connectivity index is 2.85. The minimum absolute atomic E-state index is 0.00621. The molecule has 0 aliphatic carbocycles. The van der Waals surface area contributed by atoms with Gasteiger partial charge in [-0.2, -0.15) is 0 Å². The van der Waals surface area contributed by atoms with Crippen molar-refractivity contribution in [2.75, 3.05) is 0 Å². The summed E-state index contributed by atoms with van der Waals surface area (Å²) in [4.78, 5) is 17.9. The molecule has 0 aliphatic heterocycles. The molecule has 0 aliphatic rings. The highest BCUT2D eigenvalue weighted by molar-refractivity contribution is 9.10. The van der Waals surface area contributed by atoms with Gasteiger partial charge in [0.05, 0.1) is 10.3 Å². The summed E-state index contributed by atoms with van der Waals surface area (Å²) in [5.74, 6) is -0.655. The summed E-state index contributed by atoms with van der Waals surface area (Å²) >= 11 is 3.12. The molecule has 0 saturated carbocycles. The number of carbonyl (C=O) groups excluding carboxylic acids is 1. The highest BCUT2D eigenvalue weighted by Crippen LogP contribution is 2.21. The van der Waals surface area contributed by atoms with E-state index < -0.39 is 21.4 Å². The third-order valence-electron chi connectivity index (χ3n) is 1.98. The van der Waals surface area contributed by atoms with Crippen LogP contribution in [0.15, 0.2) is 33.6 Å². The Kier molecular flexibility index (Phi) is 4.52. The van der Waals surface area contributed by atoms with Crippen molar-refractivity contribution in [3.05, 3.63) is 28.7 Å². The van der Waals surface area contributed by atoms with E-state index in [4.69, 9.17) is 0 Å². The molecule has 0 bridgehead atoms. The molecule has 7 heteroatoms. The zero-order valence-electron chi connectivity index (χ0n) is 10.2. The van der Waals surface area contributed by atoms with Gasteiger partial charge in [0, 0.05) is 4.47 Å². The molecule has 1 aromatic rings. The molecule has 18 heavy (non-hydrogen) atoms. The van der Waals surface area contributed by atoms with Crippen LogP contribution in [0.2, 0.25) is 0 Å². The fourth-order valence-electron chi connectivity index (χ4n) is 0.953. The number of nitrogens with one attached hydrogen (secondary N) is 1. The topological polar surface area (TPSA) is 72.5 Å². The van der Waals surface area contributed by atoms with Crippen LogP contribution in [0.4, 0.5) is 0 Å². The van der Waals surface area contributed by atoms with Gasteiger partial charge in [-0.3, -0.25) is 0 Å². The van der Waals surface area contributed by atoms with Crippen molar-refractivity contribution in [2.45, 2.75) is 25.7 Å². The molecule has 0 radical (unpaired) electrons. The van der Waals surface area contributed by atoms with E-state index >= 15 is 0 Å². The number of rotatable bonds is 3. The van der Waals surface area contributed by atoms with E-state index in [1.807, 2.05) is 4.89 Å². The van der Waals surface area contributed by atoms with Crippen LogP contribution in [0, 0.1) is 5.41 Å². The van der Waals surface area contributed by atoms with Crippen LogP contribution < -0.4 is 4.89 Å². The largest absolute Gasteiger partial charge is 0.355 e. The van der Waals surface area contributed by atoms with Crippen molar-refractivity contribution in [1.29, 1.82) is 0 Å². The molecular formula is C11H14BrNO4S. The second-order valence-electron chi connectivity index (χ2n) is 4.66. The summed E-state index contributed by atoms with van der Waals surface area (Å²) in [6.45, 7) is 4.88. The van der Waals surface area contributed by atoms with Gasteiger partial charge in [-0.25, -0.2) is 13.2 Å². The summed E-state index contributed by atoms with van der Waals surface area (Å²) in [7, 11) is -3.89. The summed E-state index contributed by atoms with van der Waals surface area (Å²) < 4.78 is 24.1. The Labute approximate surface area is 115 Å². The average molecular weight is 336 g/mol. The Bertz CT molecular complexity index is 548. The maximum absolute atomic E-state index is 11.9. The molecule has 0 amide bonds. The molecule has 1 aromatic carbocycles. The Morgan fingerprint density at radius 3 is 2.33 bits per heavy atom. The molecule has 100 valence electrons. The van der Waals surface area contributed by atoms with Gasteiger partial charge in [0.1, 0.15) is 0 Å². The van der Waals surface area contributed by atoms with Gasteiger partial charge >= 0.3 is 5.97 Å². The first-order valence-electron chi connectivity index (χ1n) is 5.12. The summed E-state index contributed by atoms with van der Waals surface area (Å²) in [6.07, 6.45) is 0. The predicted molar refractivity (Wildman–Crippen MR) is 70.0 cm³/mol. The molecule has 1 rings (SSSR count). The zero-order valence-corrected chi connectivity index (χ0v) is 12.6. The van der Waals surface area contributed by atoms with E-state index in [0.717, 1.165) is 0 Å². The van der Waals surface area contributed by atoms with E-state index in [0.29, 0.717) is 4.47 Å². The van der Waals surface area contributed by atoms with Gasteiger partial charge in [-0.15, -0.1) is 0 Å². The molecule has 0 heterocycles. The second kappa shape index (κ2) is 5.38. The minimum Gasteiger partial charge on any atom is -0.355 e. The first kappa shape index (κ1) is 15.1. The van der Waals surface area contributed by atoms with Crippen molar-refractivity contribution in [2.24, 2.45) is 5.41 Å². The quantitative estimate of drug-likeness (QED) is 0.859. The molecule has 0 fully saturated rings. The number of benzene rings is 1. The molecular weight excluding hydrogens is 322 g/mol. The smallest absolute Gasteiger partial charge is 0.331 e. The van der Waals surface area contributed by atoms with E-state index in [1.165, 1.54) is 6.07 Å². The normalized spacial score (nSPS) is 12.2. The lowest BCUT2D eigenvalue weighted by atomic mass is 9.98. The molecule has 0 unspecified atom stereocenters. The van der Waals surface area contributed by atoms with Gasteiger partial charge in [0.15, 0.2) is 0 Å². The van der Waals surface area contributed by atoms with E-state index in [1.54, 1.807) is 39.0 Å². The number of sulfonamides is 1. The van der Waals surface area contributed by atoms with Gasteiger partial charge in [0.25, 0.3) is 10.0 Å². The Hall–Kier alpha value is -0.920. The molecule has 0 spiro atoms. The SMILES string of the molecule is CC(C)(C)C(=O)ONS(=O)(=O)c1ccccc1Br. The lowest BCUT2D eigenvalue weighted by molar-refractivity contribution is -0.156. The minimum atomic E-state index is -3.89. The lowest BCUT2D eigenvalue weighted by Gasteiger charge is -2.16. The van der Waals surface area contributed by atoms with Gasteiger partial charge in [0.2, 0.25) is 0 Å². The Morgan fingerprint density at radius 1 is 1.28 bits per heavy atom. The van der Waals surface area contributed by atoms with Crippen molar-refractivity contribution in [1.82, 2.24) is 4.89 Å². The summed E-state index contributed by atoms with van der Waals surface area (Å²) in [6, 6.07) is 6.24. The third kappa shape index (κ3) is 3.79. The zero-order chi connectivity index (χ0) is 14.0. The van der Waals surface area contributed by atoms with Crippen LogP contribution in [0.25, 0.3) is 0 Å². The van der Waals surface area contributed by atoms with Crippen LogP contribution in [-0.2, 0) is 19.7 Å². The van der Waals surface area contributed by atoms with E-state index in [9.17, 15) is 13.2 Å². The van der Waals surface area contributed by atoms with E-state index in [-0.39, 0.29) is 4.90 Å². The fraction of sp³-hybridized carbons (Fsp3) is 0.364. The van der Waals surface area contributed by atoms with Crippen molar-refractivity contribution >= 4 is 31.9 Å². The maximum atomic E-state index is 11.9. The molecule has 5 nitrogen and oxygen atoms in total. The highest BCUT2D eigenvalue weighted by atomic mass is 79.9. The van der Waals surface area contributed by atoms with Gasteiger partial charge in [-0.05, 0) is 53.7 Å². The highest BCUT2D eigenvalue weighted by Gasteiger charge is 2.26. The second-order valence-corrected chi connectivity index (χ2v) is 7.12. The molecule has 0 aromatic heterocycles. The molecule has 0 saturated heterocycles. The van der Waals surface area contributed by atoms with Crippen LogP contribution in [0.3, 0.4) is 0 Å². The van der Waals surface area contributed by atoms with Crippen molar-refractivity contribution in [3.63, 3.8) is 0 Å². The van der Waals surface area contributed by atoms with E-state index in [2.05, 4.69) is 20.8 Å². The number of hydrogen-bond donors (Lipinski definition) is 1. The third-order valence-corrected chi connectivity index (χ3v) is 4.17. The Morgan fingerprint density at radius 2 is 1.83 bits per heavy atom. The number of carbonyl (C=O) groups is 1. The lowest BCUT2D eigenvalue weighted by Crippen LogP contribution is -2.33. The standard InChI is InChI=1S/C11H14BrNO4S/c1-11(2,3)10(14)17-13-18(15,16)9-7-5-4-6-8(9)12/h4-7,13H,1-3H3. The monoisotopic (exact) mass is 335 g/mol. The molecule has 0 atom stereocenters. The predicted octanol–water partition coefficient (Wildman–Crippen LogP) is 2.23. The average Bonchev–Trinajstić information content (AvgIpc) is 2.25. The van der Waals surface area contributed by atoms with Crippen LogP contribution in [-0.4, -0.2) is 14.4 Å². The first-order valence-corrected chi connectivity index (χ1v) is 7.40. The summed E-state index contributed by atoms with van der Waals surface area (Å²) in [5, 5.41) is 0. The maximum Gasteiger partial charge on any atom is 0.331 e. The van der Waals surface area contributed by atoms with Crippen molar-refractivity contribution < 1.29 is 18.0 Å². The van der Waals surface area contributed by atoms with Crippen LogP contribution >= 0.6 is 15.9 Å². The van der Waals surface area contributed by atoms with Gasteiger partial charge < -0.3 is 4.84 Å².